The van der Waals surface area contributed by atoms with Gasteiger partial charge in [-0.3, -0.25) is 9.59 Å². The normalized spacial score (nSPS) is 16.2. The largest absolute Gasteiger partial charge is 0.280 e. The zero-order valence-electron chi connectivity index (χ0n) is 17.0. The van der Waals surface area contributed by atoms with Crippen molar-refractivity contribution in [3.63, 3.8) is 0 Å². The highest BCUT2D eigenvalue weighted by Gasteiger charge is 2.38. The van der Waals surface area contributed by atoms with Gasteiger partial charge in [-0.15, -0.1) is 11.8 Å². The molecule has 8 heteroatoms. The van der Waals surface area contributed by atoms with E-state index in [-0.39, 0.29) is 17.2 Å². The molecule has 0 radical (unpaired) electrons. The Bertz CT molecular complexity index is 1420. The molecule has 5 rings (SSSR count). The van der Waals surface area contributed by atoms with Crippen molar-refractivity contribution >= 4 is 51.8 Å². The topological polar surface area (TPSA) is 55.2 Å². The van der Waals surface area contributed by atoms with E-state index in [4.69, 9.17) is 28.2 Å². The third-order valence-corrected chi connectivity index (χ3v) is 7.11. The van der Waals surface area contributed by atoms with E-state index in [1.165, 1.54) is 21.4 Å². The first-order valence-electron chi connectivity index (χ1n) is 9.92. The van der Waals surface area contributed by atoms with Crippen molar-refractivity contribution in [2.24, 2.45) is 0 Å². The molecule has 1 atom stereocenters. The maximum atomic E-state index is 13.8. The third kappa shape index (κ3) is 3.58. The smallest absolute Gasteiger partial charge is 0.272 e. The van der Waals surface area contributed by atoms with Gasteiger partial charge in [0.2, 0.25) is 0 Å². The van der Waals surface area contributed by atoms with Gasteiger partial charge in [0.05, 0.1) is 16.7 Å². The van der Waals surface area contributed by atoms with Crippen molar-refractivity contribution in [2.75, 3.05) is 10.8 Å². The number of nitrogens with zero attached hydrogens (tertiary/aromatic N) is 3. The SMILES string of the molecule is Cc1ccc(-c2nc3ccc(Cl)cc3c(=O)n2N2C(=O)CSC2c2ccccc2Cl)cc1. The van der Waals surface area contributed by atoms with Gasteiger partial charge in [-0.1, -0.05) is 71.2 Å². The van der Waals surface area contributed by atoms with E-state index in [1.54, 1.807) is 24.3 Å². The summed E-state index contributed by atoms with van der Waals surface area (Å²) in [6.45, 7) is 1.99. The second kappa shape index (κ2) is 8.28. The van der Waals surface area contributed by atoms with Gasteiger partial charge in [-0.2, -0.15) is 4.68 Å². The third-order valence-electron chi connectivity index (χ3n) is 5.35. The first-order chi connectivity index (χ1) is 15.4. The number of aryl methyl sites for hydroxylation is 1. The molecule has 4 aromatic rings. The van der Waals surface area contributed by atoms with Gasteiger partial charge in [-0.05, 0) is 31.2 Å². The molecule has 2 heterocycles. The van der Waals surface area contributed by atoms with Crippen LogP contribution in [-0.4, -0.2) is 21.3 Å². The first-order valence-corrected chi connectivity index (χ1v) is 11.7. The number of hydrogen-bond donors (Lipinski definition) is 0. The van der Waals surface area contributed by atoms with Crippen LogP contribution >= 0.6 is 35.0 Å². The predicted molar refractivity (Wildman–Crippen MR) is 131 cm³/mol. The molecular weight excluding hydrogens is 465 g/mol. The highest BCUT2D eigenvalue weighted by atomic mass is 35.5. The molecule has 160 valence electrons. The number of hydrogen-bond acceptors (Lipinski definition) is 4. The molecule has 0 aliphatic carbocycles. The van der Waals surface area contributed by atoms with Crippen LogP contribution < -0.4 is 10.6 Å². The van der Waals surface area contributed by atoms with Gasteiger partial charge in [-0.25, -0.2) is 9.99 Å². The fraction of sp³-hybridized carbons (Fsp3) is 0.125. The summed E-state index contributed by atoms with van der Waals surface area (Å²) < 4.78 is 1.37. The van der Waals surface area contributed by atoms with E-state index < -0.39 is 5.37 Å². The minimum absolute atomic E-state index is 0.196. The molecule has 5 nitrogen and oxygen atoms in total. The number of aromatic nitrogens is 2. The maximum absolute atomic E-state index is 13.8. The van der Waals surface area contributed by atoms with Crippen molar-refractivity contribution in [3.8, 4) is 11.4 Å². The van der Waals surface area contributed by atoms with Crippen molar-refractivity contribution in [2.45, 2.75) is 12.3 Å². The lowest BCUT2D eigenvalue weighted by Crippen LogP contribution is -2.46. The lowest BCUT2D eigenvalue weighted by molar-refractivity contribution is -0.117. The number of carbonyl (C=O) groups excluding carboxylic acids is 1. The average molecular weight is 482 g/mol. The van der Waals surface area contributed by atoms with Crippen LogP contribution in [0.25, 0.3) is 22.3 Å². The Hall–Kier alpha value is -2.80. The highest BCUT2D eigenvalue weighted by Crippen LogP contribution is 2.41. The Morgan fingerprint density at radius 2 is 1.75 bits per heavy atom. The van der Waals surface area contributed by atoms with Gasteiger partial charge < -0.3 is 0 Å². The molecular formula is C24H17Cl2N3O2S. The van der Waals surface area contributed by atoms with Crippen LogP contribution in [0, 0.1) is 6.92 Å². The Kier molecular flexibility index (Phi) is 5.45. The monoisotopic (exact) mass is 481 g/mol. The van der Waals surface area contributed by atoms with Gasteiger partial charge in [0.15, 0.2) is 5.82 Å². The lowest BCUT2D eigenvalue weighted by atomic mass is 10.1. The Morgan fingerprint density at radius 3 is 2.50 bits per heavy atom. The van der Waals surface area contributed by atoms with Crippen molar-refractivity contribution in [1.82, 2.24) is 9.66 Å². The van der Waals surface area contributed by atoms with E-state index in [0.29, 0.717) is 26.8 Å². The summed E-state index contributed by atoms with van der Waals surface area (Å²) in [6.07, 6.45) is 0. The van der Waals surface area contributed by atoms with Gasteiger partial charge in [0.25, 0.3) is 11.5 Å². The number of fused-ring (bicyclic) bond motifs is 1. The van der Waals surface area contributed by atoms with Crippen LogP contribution in [0.15, 0.2) is 71.5 Å². The molecule has 0 spiro atoms. The van der Waals surface area contributed by atoms with Crippen LogP contribution in [0.4, 0.5) is 0 Å². The molecule has 1 amide bonds. The standard InChI is InChI=1S/C24H17Cl2N3O2S/c1-14-6-8-15(9-7-14)22-27-20-11-10-16(25)12-18(20)23(31)29(22)28-21(30)13-32-24(28)17-4-2-3-5-19(17)26/h2-12,24H,13H2,1H3. The van der Waals surface area contributed by atoms with Crippen LogP contribution in [-0.2, 0) is 4.79 Å². The minimum atomic E-state index is -0.462. The number of amides is 1. The van der Waals surface area contributed by atoms with Crippen molar-refractivity contribution in [1.29, 1.82) is 0 Å². The quantitative estimate of drug-likeness (QED) is 0.382. The molecule has 0 bridgehead atoms. The molecule has 3 aromatic carbocycles. The lowest BCUT2D eigenvalue weighted by Gasteiger charge is -2.28. The average Bonchev–Trinajstić information content (AvgIpc) is 3.16. The van der Waals surface area contributed by atoms with Crippen LogP contribution in [0.2, 0.25) is 10.0 Å². The molecule has 32 heavy (non-hydrogen) atoms. The first kappa shape index (κ1) is 21.1. The number of benzene rings is 3. The molecule has 1 aliphatic heterocycles. The fourth-order valence-corrected chi connectivity index (χ4v) is 5.42. The van der Waals surface area contributed by atoms with Crippen molar-refractivity contribution in [3.05, 3.63) is 98.3 Å². The second-order valence-electron chi connectivity index (χ2n) is 7.50. The summed E-state index contributed by atoms with van der Waals surface area (Å²) in [4.78, 5) is 31.7. The summed E-state index contributed by atoms with van der Waals surface area (Å²) in [6, 6.07) is 20.0. The zero-order valence-corrected chi connectivity index (χ0v) is 19.3. The predicted octanol–water partition coefficient (Wildman–Crippen LogP) is 5.59. The summed E-state index contributed by atoms with van der Waals surface area (Å²) in [5.41, 5.74) is 2.72. The van der Waals surface area contributed by atoms with E-state index in [0.717, 1.165) is 16.7 Å². The molecule has 1 unspecified atom stereocenters. The molecule has 1 fully saturated rings. The van der Waals surface area contributed by atoms with Crippen LogP contribution in [0.5, 0.6) is 0 Å². The zero-order chi connectivity index (χ0) is 22.4. The van der Waals surface area contributed by atoms with Crippen LogP contribution in [0.1, 0.15) is 16.5 Å². The molecule has 1 aromatic heterocycles. The summed E-state index contributed by atoms with van der Waals surface area (Å²) in [7, 11) is 0. The van der Waals surface area contributed by atoms with Gasteiger partial charge >= 0.3 is 0 Å². The summed E-state index contributed by atoms with van der Waals surface area (Å²) in [5, 5.41) is 2.31. The highest BCUT2D eigenvalue weighted by molar-refractivity contribution is 8.00. The van der Waals surface area contributed by atoms with Gasteiger partial charge in [0, 0.05) is 21.2 Å². The fourth-order valence-electron chi connectivity index (χ4n) is 3.77. The minimum Gasteiger partial charge on any atom is -0.272 e. The van der Waals surface area contributed by atoms with E-state index in [9.17, 15) is 9.59 Å². The summed E-state index contributed by atoms with van der Waals surface area (Å²) >= 11 is 14.1. The van der Waals surface area contributed by atoms with Crippen LogP contribution in [0.3, 0.4) is 0 Å². The Morgan fingerprint density at radius 1 is 1.00 bits per heavy atom. The number of rotatable bonds is 3. The van der Waals surface area contributed by atoms with E-state index >= 15 is 0 Å². The Labute approximate surface area is 198 Å². The number of carbonyl (C=O) groups is 1. The van der Waals surface area contributed by atoms with Crippen molar-refractivity contribution < 1.29 is 4.79 Å². The summed E-state index contributed by atoms with van der Waals surface area (Å²) in [5.74, 6) is 0.416. The Balaban J connectivity index is 1.81. The van der Waals surface area contributed by atoms with Gasteiger partial charge in [0.1, 0.15) is 5.37 Å². The molecule has 1 aliphatic rings. The van der Waals surface area contributed by atoms with E-state index in [2.05, 4.69) is 0 Å². The maximum Gasteiger partial charge on any atom is 0.280 e. The molecule has 0 N–H and O–H groups in total. The number of thioether (sulfide) groups is 1. The molecule has 1 saturated heterocycles. The number of halogens is 2. The molecule has 0 saturated carbocycles. The second-order valence-corrected chi connectivity index (χ2v) is 9.42. The van der Waals surface area contributed by atoms with E-state index in [1.807, 2.05) is 49.4 Å².